The minimum Gasteiger partial charge on any atom is -0.306 e. The largest absolute Gasteiger partial charge is 0.306 e. The predicted molar refractivity (Wildman–Crippen MR) is 51.4 cm³/mol. The molecule has 0 bridgehead atoms. The fourth-order valence-electron chi connectivity index (χ4n) is 0.525. The Morgan fingerprint density at radius 1 is 1.64 bits per heavy atom. The summed E-state index contributed by atoms with van der Waals surface area (Å²) in [6, 6.07) is 0. The zero-order valence-electron chi connectivity index (χ0n) is 6.79. The Morgan fingerprint density at radius 2 is 2.27 bits per heavy atom. The molecule has 2 nitrogen and oxygen atoms in total. The van der Waals surface area contributed by atoms with Gasteiger partial charge < -0.3 is 5.41 Å². The molecule has 0 radical (unpaired) electrons. The van der Waals surface area contributed by atoms with Crippen molar-refractivity contribution in [3.8, 4) is 0 Å². The molecule has 1 heterocycles. The monoisotopic (exact) mass is 168 g/mol. The van der Waals surface area contributed by atoms with Crippen LogP contribution in [0.4, 0.5) is 0 Å². The van der Waals surface area contributed by atoms with Crippen molar-refractivity contribution in [2.24, 2.45) is 0 Å². The highest BCUT2D eigenvalue weighted by Gasteiger charge is 1.95. The molecule has 0 aliphatic carbocycles. The third-order valence-corrected chi connectivity index (χ3v) is 1.79. The maximum absolute atomic E-state index is 6.88. The maximum Gasteiger partial charge on any atom is 0.0987 e. The number of aromatic nitrogens is 1. The van der Waals surface area contributed by atoms with Gasteiger partial charge in [0.15, 0.2) is 0 Å². The number of hydrogen-bond donors (Lipinski definition) is 1. The van der Waals surface area contributed by atoms with Gasteiger partial charge in [0.05, 0.1) is 16.1 Å². The van der Waals surface area contributed by atoms with Crippen LogP contribution in [0.15, 0.2) is 12.1 Å². The molecule has 0 unspecified atom stereocenters. The summed E-state index contributed by atoms with van der Waals surface area (Å²) in [5, 5.41) is 6.88. The molecular weight excluding hydrogens is 156 g/mol. The quantitative estimate of drug-likeness (QED) is 0.677. The molecule has 3 heteroatoms. The van der Waals surface area contributed by atoms with Crippen LogP contribution in [-0.4, -0.2) is 11.2 Å². The summed E-state index contributed by atoms with van der Waals surface area (Å²) in [5.74, 6) is 0. The fraction of sp³-hybridized carbons (Fsp3) is 0.250. The van der Waals surface area contributed by atoms with Gasteiger partial charge in [-0.3, -0.25) is 0 Å². The third-order valence-electron chi connectivity index (χ3n) is 0.946. The average Bonchev–Trinajstić information content (AvgIpc) is 2.54. The van der Waals surface area contributed by atoms with Crippen LogP contribution in [0.3, 0.4) is 0 Å². The average molecular weight is 168 g/mol. The molecule has 60 valence electrons. The first-order chi connectivity index (χ1) is 5.38. The number of hydrogen-bond acceptors (Lipinski definition) is 3. The van der Waals surface area contributed by atoms with Crippen molar-refractivity contribution < 1.29 is 0 Å². The van der Waals surface area contributed by atoms with Crippen molar-refractivity contribution in [2.45, 2.75) is 13.8 Å². The molecule has 0 fully saturated rings. The highest BCUT2D eigenvalue weighted by atomic mass is 32.1. The number of rotatable bonds is 2. The lowest BCUT2D eigenvalue weighted by molar-refractivity contribution is 1.37. The number of thiazole rings is 1. The van der Waals surface area contributed by atoms with E-state index >= 15 is 0 Å². The zero-order valence-corrected chi connectivity index (χ0v) is 7.61. The molecule has 1 aromatic heterocycles. The van der Waals surface area contributed by atoms with E-state index < -0.39 is 0 Å². The van der Waals surface area contributed by atoms with Gasteiger partial charge in [0.1, 0.15) is 0 Å². The Labute approximate surface area is 71.1 Å². The van der Waals surface area contributed by atoms with Crippen LogP contribution in [0, 0.1) is 5.41 Å². The normalized spacial score (nSPS) is 7.82. The van der Waals surface area contributed by atoms with Crippen molar-refractivity contribution in [1.29, 1.82) is 5.41 Å². The topological polar surface area (TPSA) is 36.7 Å². The van der Waals surface area contributed by atoms with Crippen LogP contribution in [0.1, 0.15) is 24.4 Å². The molecule has 0 atom stereocenters. The van der Waals surface area contributed by atoms with Gasteiger partial charge in [0, 0.05) is 6.21 Å². The summed E-state index contributed by atoms with van der Waals surface area (Å²) < 4.78 is 0. The second-order valence-electron chi connectivity index (χ2n) is 1.45. The van der Waals surface area contributed by atoms with Crippen molar-refractivity contribution in [3.63, 3.8) is 0 Å². The van der Waals surface area contributed by atoms with Crippen molar-refractivity contribution in [1.82, 2.24) is 4.98 Å². The standard InChI is InChI=1S/C6H6N2S.C2H6/c1-2-6-5(3-7)8-4-9-6;1-2/h2-4,7H,1H2;1-2H3. The zero-order chi connectivity index (χ0) is 8.69. The van der Waals surface area contributed by atoms with Crippen molar-refractivity contribution >= 4 is 23.6 Å². The van der Waals surface area contributed by atoms with Gasteiger partial charge in [-0.05, 0) is 6.08 Å². The summed E-state index contributed by atoms with van der Waals surface area (Å²) in [5.41, 5.74) is 2.41. The van der Waals surface area contributed by atoms with Crippen LogP contribution in [-0.2, 0) is 0 Å². The lowest BCUT2D eigenvalue weighted by Gasteiger charge is -1.81. The molecule has 0 aliphatic rings. The summed E-state index contributed by atoms with van der Waals surface area (Å²) in [6.45, 7) is 7.58. The van der Waals surface area contributed by atoms with E-state index in [9.17, 15) is 0 Å². The van der Waals surface area contributed by atoms with E-state index in [1.54, 1.807) is 11.6 Å². The molecule has 1 aromatic rings. The summed E-state index contributed by atoms with van der Waals surface area (Å²) in [7, 11) is 0. The van der Waals surface area contributed by atoms with E-state index in [1.165, 1.54) is 17.6 Å². The smallest absolute Gasteiger partial charge is 0.0987 e. The highest BCUT2D eigenvalue weighted by Crippen LogP contribution is 2.11. The molecule has 0 aliphatic heterocycles. The summed E-state index contributed by atoms with van der Waals surface area (Å²) in [6.07, 6.45) is 2.94. The van der Waals surface area contributed by atoms with Gasteiger partial charge in [-0.1, -0.05) is 20.4 Å². The number of nitrogens with one attached hydrogen (secondary N) is 1. The lowest BCUT2D eigenvalue weighted by atomic mass is 10.4. The Hall–Kier alpha value is -0.960. The second kappa shape index (κ2) is 5.80. The van der Waals surface area contributed by atoms with E-state index in [0.29, 0.717) is 5.69 Å². The van der Waals surface area contributed by atoms with Crippen LogP contribution in [0.25, 0.3) is 6.08 Å². The Bertz CT molecular complexity index is 205. The molecule has 0 saturated carbocycles. The fourth-order valence-corrected chi connectivity index (χ4v) is 1.13. The van der Waals surface area contributed by atoms with Gasteiger partial charge in [-0.15, -0.1) is 11.3 Å². The SMILES string of the molecule is C=Cc1scnc1C=N.CC. The number of nitrogens with zero attached hydrogens (tertiary/aromatic N) is 1. The van der Waals surface area contributed by atoms with Crippen LogP contribution >= 0.6 is 11.3 Å². The third kappa shape index (κ3) is 2.63. The molecule has 0 saturated heterocycles. The Morgan fingerprint density at radius 3 is 2.64 bits per heavy atom. The summed E-state index contributed by atoms with van der Waals surface area (Å²) in [4.78, 5) is 4.87. The molecule has 1 rings (SSSR count). The Balaban J connectivity index is 0.000000461. The van der Waals surface area contributed by atoms with E-state index in [0.717, 1.165) is 4.88 Å². The molecule has 0 spiro atoms. The summed E-state index contributed by atoms with van der Waals surface area (Å²) >= 11 is 1.49. The molecule has 1 N–H and O–H groups in total. The van der Waals surface area contributed by atoms with Gasteiger partial charge in [0.2, 0.25) is 0 Å². The minimum atomic E-state index is 0.704. The van der Waals surface area contributed by atoms with Crippen molar-refractivity contribution in [3.05, 3.63) is 22.7 Å². The van der Waals surface area contributed by atoms with E-state index in [2.05, 4.69) is 11.6 Å². The molecule has 11 heavy (non-hydrogen) atoms. The van der Waals surface area contributed by atoms with E-state index in [-0.39, 0.29) is 0 Å². The second-order valence-corrected chi connectivity index (χ2v) is 2.34. The highest BCUT2D eigenvalue weighted by molar-refractivity contribution is 7.10. The molecular formula is C8H12N2S. The van der Waals surface area contributed by atoms with Crippen LogP contribution < -0.4 is 0 Å². The Kier molecular flexibility index (Phi) is 5.29. The molecule has 0 amide bonds. The van der Waals surface area contributed by atoms with Gasteiger partial charge in [-0.25, -0.2) is 4.98 Å². The lowest BCUT2D eigenvalue weighted by Crippen LogP contribution is -1.79. The van der Waals surface area contributed by atoms with Gasteiger partial charge >= 0.3 is 0 Å². The van der Waals surface area contributed by atoms with Crippen LogP contribution in [0.5, 0.6) is 0 Å². The van der Waals surface area contributed by atoms with E-state index in [1.807, 2.05) is 13.8 Å². The van der Waals surface area contributed by atoms with Crippen molar-refractivity contribution in [2.75, 3.05) is 0 Å². The van der Waals surface area contributed by atoms with Gasteiger partial charge in [-0.2, -0.15) is 0 Å². The molecule has 0 aromatic carbocycles. The first-order valence-electron chi connectivity index (χ1n) is 3.45. The van der Waals surface area contributed by atoms with E-state index in [4.69, 9.17) is 5.41 Å². The first kappa shape index (κ1) is 10.0. The minimum absolute atomic E-state index is 0.704. The van der Waals surface area contributed by atoms with Gasteiger partial charge in [0.25, 0.3) is 0 Å². The van der Waals surface area contributed by atoms with Crippen LogP contribution in [0.2, 0.25) is 0 Å². The predicted octanol–water partition coefficient (Wildman–Crippen LogP) is 2.81. The first-order valence-corrected chi connectivity index (χ1v) is 4.33. The maximum atomic E-state index is 6.88.